The second kappa shape index (κ2) is 4.28. The van der Waals surface area contributed by atoms with E-state index in [1.807, 2.05) is 6.92 Å². The molecule has 0 aliphatic rings. The van der Waals surface area contributed by atoms with Crippen LogP contribution in [0.2, 0.25) is 0 Å². The summed E-state index contributed by atoms with van der Waals surface area (Å²) in [5.41, 5.74) is 6.90. The normalized spacial score (nSPS) is 10.3. The fraction of sp³-hybridized carbons (Fsp3) is 0.300. The number of rotatable bonds is 3. The van der Waals surface area contributed by atoms with Gasteiger partial charge < -0.3 is 15.2 Å². The topological polar surface area (TPSA) is 88.1 Å². The Morgan fingerprint density at radius 2 is 2.00 bits per heavy atom. The standard InChI is InChI=1S/C10H13N5O2/c1-6-4-7(15(2)14-6)17-10-8(11)9(16-3)12-5-13-10/h4-5H,11H2,1-3H3. The lowest BCUT2D eigenvalue weighted by atomic mass is 10.5. The number of aromatic nitrogens is 4. The molecule has 7 nitrogen and oxygen atoms in total. The van der Waals surface area contributed by atoms with Crippen LogP contribution in [0, 0.1) is 6.92 Å². The summed E-state index contributed by atoms with van der Waals surface area (Å²) in [7, 11) is 3.26. The molecule has 0 fully saturated rings. The zero-order valence-electron chi connectivity index (χ0n) is 9.84. The zero-order valence-corrected chi connectivity index (χ0v) is 9.84. The Morgan fingerprint density at radius 1 is 1.29 bits per heavy atom. The quantitative estimate of drug-likeness (QED) is 0.850. The van der Waals surface area contributed by atoms with E-state index in [4.69, 9.17) is 15.2 Å². The van der Waals surface area contributed by atoms with Crippen LogP contribution >= 0.6 is 0 Å². The van der Waals surface area contributed by atoms with E-state index < -0.39 is 0 Å². The lowest BCUT2D eigenvalue weighted by Gasteiger charge is -2.08. The van der Waals surface area contributed by atoms with Gasteiger partial charge in [0.2, 0.25) is 11.8 Å². The van der Waals surface area contributed by atoms with Crippen molar-refractivity contribution >= 4 is 5.69 Å². The number of nitrogen functional groups attached to an aromatic ring is 1. The first-order chi connectivity index (χ1) is 8.11. The Hall–Kier alpha value is -2.31. The zero-order chi connectivity index (χ0) is 12.4. The van der Waals surface area contributed by atoms with E-state index in [-0.39, 0.29) is 17.4 Å². The van der Waals surface area contributed by atoms with Gasteiger partial charge in [-0.05, 0) is 6.92 Å². The highest BCUT2D eigenvalue weighted by molar-refractivity contribution is 5.56. The summed E-state index contributed by atoms with van der Waals surface area (Å²) in [6, 6.07) is 1.79. The predicted octanol–water partition coefficient (Wildman–Crippen LogP) is 0.902. The van der Waals surface area contributed by atoms with Crippen LogP contribution in [0.15, 0.2) is 12.4 Å². The van der Waals surface area contributed by atoms with Crippen molar-refractivity contribution in [3.63, 3.8) is 0 Å². The molecule has 2 aromatic heterocycles. The molecule has 17 heavy (non-hydrogen) atoms. The molecular weight excluding hydrogens is 222 g/mol. The Labute approximate surface area is 98.2 Å². The van der Waals surface area contributed by atoms with Crippen molar-refractivity contribution in [1.82, 2.24) is 19.7 Å². The van der Waals surface area contributed by atoms with Crippen LogP contribution in [0.5, 0.6) is 17.6 Å². The Bertz CT molecular complexity index is 537. The molecule has 0 saturated heterocycles. The highest BCUT2D eigenvalue weighted by Gasteiger charge is 2.12. The molecule has 0 bridgehead atoms. The van der Waals surface area contributed by atoms with Crippen molar-refractivity contribution in [3.8, 4) is 17.6 Å². The second-order valence-electron chi connectivity index (χ2n) is 3.45. The molecule has 0 unspecified atom stereocenters. The molecule has 7 heteroatoms. The number of aryl methyl sites for hydroxylation is 2. The summed E-state index contributed by atoms with van der Waals surface area (Å²) in [6.45, 7) is 1.87. The van der Waals surface area contributed by atoms with Crippen molar-refractivity contribution in [2.45, 2.75) is 6.92 Å². The molecule has 0 aromatic carbocycles. The third kappa shape index (κ3) is 2.12. The summed E-state index contributed by atoms with van der Waals surface area (Å²) in [6.07, 6.45) is 1.33. The lowest BCUT2D eigenvalue weighted by Crippen LogP contribution is -2.02. The van der Waals surface area contributed by atoms with Crippen molar-refractivity contribution in [3.05, 3.63) is 18.1 Å². The summed E-state index contributed by atoms with van der Waals surface area (Å²) in [5, 5.41) is 4.16. The monoisotopic (exact) mass is 235 g/mol. The largest absolute Gasteiger partial charge is 0.479 e. The second-order valence-corrected chi connectivity index (χ2v) is 3.45. The number of ether oxygens (including phenoxy) is 2. The maximum absolute atomic E-state index is 5.79. The van der Waals surface area contributed by atoms with Crippen LogP contribution in [0.3, 0.4) is 0 Å². The van der Waals surface area contributed by atoms with Crippen molar-refractivity contribution in [2.75, 3.05) is 12.8 Å². The van der Waals surface area contributed by atoms with E-state index in [1.54, 1.807) is 17.8 Å². The fourth-order valence-electron chi connectivity index (χ4n) is 1.39. The van der Waals surface area contributed by atoms with Crippen LogP contribution in [-0.2, 0) is 7.05 Å². The van der Waals surface area contributed by atoms with E-state index in [0.29, 0.717) is 5.88 Å². The van der Waals surface area contributed by atoms with Gasteiger partial charge in [-0.1, -0.05) is 0 Å². The molecule has 0 atom stereocenters. The van der Waals surface area contributed by atoms with Gasteiger partial charge in [-0.2, -0.15) is 15.1 Å². The maximum Gasteiger partial charge on any atom is 0.251 e. The molecule has 90 valence electrons. The molecule has 2 N–H and O–H groups in total. The summed E-state index contributed by atoms with van der Waals surface area (Å²) in [4.78, 5) is 7.82. The van der Waals surface area contributed by atoms with E-state index >= 15 is 0 Å². The maximum atomic E-state index is 5.79. The molecular formula is C10H13N5O2. The highest BCUT2D eigenvalue weighted by atomic mass is 16.5. The minimum absolute atomic E-state index is 0.250. The molecule has 2 aromatic rings. The first-order valence-corrected chi connectivity index (χ1v) is 4.94. The van der Waals surface area contributed by atoms with Gasteiger partial charge in [0.15, 0.2) is 5.69 Å². The third-order valence-corrected chi connectivity index (χ3v) is 2.16. The predicted molar refractivity (Wildman–Crippen MR) is 61.0 cm³/mol. The van der Waals surface area contributed by atoms with Gasteiger partial charge in [-0.15, -0.1) is 0 Å². The van der Waals surface area contributed by atoms with Crippen LogP contribution in [0.25, 0.3) is 0 Å². The Kier molecular flexibility index (Phi) is 2.82. The average Bonchev–Trinajstić information content (AvgIpc) is 2.60. The fourth-order valence-corrected chi connectivity index (χ4v) is 1.39. The van der Waals surface area contributed by atoms with Gasteiger partial charge in [0.1, 0.15) is 6.33 Å². The van der Waals surface area contributed by atoms with E-state index in [9.17, 15) is 0 Å². The van der Waals surface area contributed by atoms with E-state index in [1.165, 1.54) is 13.4 Å². The van der Waals surface area contributed by atoms with Gasteiger partial charge in [0, 0.05) is 13.1 Å². The van der Waals surface area contributed by atoms with Crippen LogP contribution in [0.4, 0.5) is 5.69 Å². The van der Waals surface area contributed by atoms with Crippen LogP contribution < -0.4 is 15.2 Å². The van der Waals surface area contributed by atoms with Crippen molar-refractivity contribution in [2.24, 2.45) is 7.05 Å². The minimum Gasteiger partial charge on any atom is -0.479 e. The smallest absolute Gasteiger partial charge is 0.251 e. The van der Waals surface area contributed by atoms with Gasteiger partial charge in [-0.3, -0.25) is 0 Å². The summed E-state index contributed by atoms with van der Waals surface area (Å²) >= 11 is 0. The van der Waals surface area contributed by atoms with E-state index in [0.717, 1.165) is 5.69 Å². The number of hydrogen-bond acceptors (Lipinski definition) is 6. The molecule has 0 amide bonds. The molecule has 0 saturated carbocycles. The van der Waals surface area contributed by atoms with E-state index in [2.05, 4.69) is 15.1 Å². The Morgan fingerprint density at radius 3 is 2.59 bits per heavy atom. The minimum atomic E-state index is 0.250. The summed E-state index contributed by atoms with van der Waals surface area (Å²) < 4.78 is 12.1. The highest BCUT2D eigenvalue weighted by Crippen LogP contribution is 2.30. The number of nitrogens with zero attached hydrogens (tertiary/aromatic N) is 4. The summed E-state index contributed by atoms with van der Waals surface area (Å²) in [5.74, 6) is 1.09. The van der Waals surface area contributed by atoms with Crippen LogP contribution in [0.1, 0.15) is 5.69 Å². The molecule has 2 rings (SSSR count). The number of anilines is 1. The Balaban J connectivity index is 2.33. The van der Waals surface area contributed by atoms with Crippen LogP contribution in [-0.4, -0.2) is 26.9 Å². The van der Waals surface area contributed by atoms with Gasteiger partial charge in [0.05, 0.1) is 12.8 Å². The number of methoxy groups -OCH3 is 1. The van der Waals surface area contributed by atoms with Gasteiger partial charge in [-0.25, -0.2) is 4.68 Å². The lowest BCUT2D eigenvalue weighted by molar-refractivity contribution is 0.384. The van der Waals surface area contributed by atoms with Crippen molar-refractivity contribution < 1.29 is 9.47 Å². The first kappa shape index (κ1) is 11.2. The molecule has 2 heterocycles. The SMILES string of the molecule is COc1ncnc(Oc2cc(C)nn2C)c1N. The molecule has 0 radical (unpaired) electrons. The number of nitrogens with two attached hydrogens (primary N) is 1. The molecule has 0 spiro atoms. The molecule has 0 aliphatic heterocycles. The van der Waals surface area contributed by atoms with Crippen molar-refractivity contribution in [1.29, 1.82) is 0 Å². The average molecular weight is 235 g/mol. The number of hydrogen-bond donors (Lipinski definition) is 1. The van der Waals surface area contributed by atoms with Gasteiger partial charge in [0.25, 0.3) is 5.88 Å². The molecule has 0 aliphatic carbocycles. The first-order valence-electron chi connectivity index (χ1n) is 4.94. The third-order valence-electron chi connectivity index (χ3n) is 2.16. The van der Waals surface area contributed by atoms with Gasteiger partial charge >= 0.3 is 0 Å².